The van der Waals surface area contributed by atoms with E-state index in [4.69, 9.17) is 0 Å². The second kappa shape index (κ2) is 7.64. The summed E-state index contributed by atoms with van der Waals surface area (Å²) in [4.78, 5) is 32.2. The van der Waals surface area contributed by atoms with Crippen molar-refractivity contribution in [2.24, 2.45) is 0 Å². The first-order chi connectivity index (χ1) is 11.6. The predicted molar refractivity (Wildman–Crippen MR) is 93.0 cm³/mol. The van der Waals surface area contributed by atoms with E-state index >= 15 is 0 Å². The van der Waals surface area contributed by atoms with Gasteiger partial charge in [0.25, 0.3) is 5.91 Å². The zero-order chi connectivity index (χ0) is 16.9. The summed E-state index contributed by atoms with van der Waals surface area (Å²) in [6, 6.07) is 4.08. The first kappa shape index (κ1) is 16.7. The van der Waals surface area contributed by atoms with Gasteiger partial charge in [0.05, 0.1) is 0 Å². The fourth-order valence-electron chi connectivity index (χ4n) is 3.53. The monoisotopic (exact) mass is 330 g/mol. The number of piperazine rings is 1. The summed E-state index contributed by atoms with van der Waals surface area (Å²) < 4.78 is 0. The van der Waals surface area contributed by atoms with Crippen LogP contribution in [0.5, 0.6) is 0 Å². The average molecular weight is 330 g/mol. The third kappa shape index (κ3) is 4.04. The molecule has 1 aromatic rings. The third-order valence-corrected chi connectivity index (χ3v) is 5.01. The van der Waals surface area contributed by atoms with Crippen LogP contribution in [0.15, 0.2) is 18.3 Å². The minimum absolute atomic E-state index is 0.0777. The maximum Gasteiger partial charge on any atom is 0.270 e. The SMILES string of the molecule is CC(=O)N1CCN(c2ccnc(C(=O)NC3CCCCC3)c2)CC1. The van der Waals surface area contributed by atoms with E-state index in [-0.39, 0.29) is 17.9 Å². The van der Waals surface area contributed by atoms with Gasteiger partial charge < -0.3 is 15.1 Å². The zero-order valence-electron chi connectivity index (χ0n) is 14.3. The van der Waals surface area contributed by atoms with E-state index in [0.29, 0.717) is 5.69 Å². The number of hydrogen-bond acceptors (Lipinski definition) is 4. The van der Waals surface area contributed by atoms with Crippen LogP contribution in [0.2, 0.25) is 0 Å². The molecule has 3 rings (SSSR count). The van der Waals surface area contributed by atoms with Gasteiger partial charge in [-0.25, -0.2) is 0 Å². The first-order valence-corrected chi connectivity index (χ1v) is 8.91. The Morgan fingerprint density at radius 1 is 1.12 bits per heavy atom. The molecule has 2 fully saturated rings. The molecule has 2 heterocycles. The van der Waals surface area contributed by atoms with Gasteiger partial charge in [0.1, 0.15) is 5.69 Å². The molecule has 24 heavy (non-hydrogen) atoms. The van der Waals surface area contributed by atoms with Crippen LogP contribution in [-0.4, -0.2) is 53.9 Å². The van der Waals surface area contributed by atoms with Gasteiger partial charge in [0.15, 0.2) is 0 Å². The summed E-state index contributed by atoms with van der Waals surface area (Å²) in [6.45, 7) is 4.62. The van der Waals surface area contributed by atoms with Crippen LogP contribution in [-0.2, 0) is 4.79 Å². The minimum Gasteiger partial charge on any atom is -0.368 e. The van der Waals surface area contributed by atoms with E-state index in [1.54, 1.807) is 13.1 Å². The molecule has 1 aromatic heterocycles. The van der Waals surface area contributed by atoms with Gasteiger partial charge >= 0.3 is 0 Å². The summed E-state index contributed by atoms with van der Waals surface area (Å²) in [5, 5.41) is 3.11. The fraction of sp³-hybridized carbons (Fsp3) is 0.611. The van der Waals surface area contributed by atoms with Gasteiger partial charge in [0.2, 0.25) is 5.91 Å². The molecule has 0 radical (unpaired) electrons. The first-order valence-electron chi connectivity index (χ1n) is 8.91. The van der Waals surface area contributed by atoms with Gasteiger partial charge in [-0.05, 0) is 25.0 Å². The Bertz CT molecular complexity index is 590. The Morgan fingerprint density at radius 2 is 1.83 bits per heavy atom. The maximum atomic E-state index is 12.4. The lowest BCUT2D eigenvalue weighted by Gasteiger charge is -2.35. The van der Waals surface area contributed by atoms with E-state index in [9.17, 15) is 9.59 Å². The van der Waals surface area contributed by atoms with Gasteiger partial charge in [-0.15, -0.1) is 0 Å². The normalized spacial score (nSPS) is 19.2. The molecule has 1 aliphatic heterocycles. The summed E-state index contributed by atoms with van der Waals surface area (Å²) in [5.74, 6) is 0.0445. The molecule has 0 unspecified atom stereocenters. The number of carbonyl (C=O) groups is 2. The van der Waals surface area contributed by atoms with E-state index in [0.717, 1.165) is 44.7 Å². The van der Waals surface area contributed by atoms with Gasteiger partial charge in [-0.1, -0.05) is 19.3 Å². The molecule has 6 nitrogen and oxygen atoms in total. The fourth-order valence-corrected chi connectivity index (χ4v) is 3.53. The highest BCUT2D eigenvalue weighted by Gasteiger charge is 2.21. The third-order valence-electron chi connectivity index (χ3n) is 5.01. The number of nitrogens with zero attached hydrogens (tertiary/aromatic N) is 3. The molecule has 130 valence electrons. The predicted octanol–water partition coefficient (Wildman–Crippen LogP) is 1.81. The van der Waals surface area contributed by atoms with Gasteiger partial charge in [-0.3, -0.25) is 14.6 Å². The Balaban J connectivity index is 1.61. The van der Waals surface area contributed by atoms with Crippen LogP contribution in [0.3, 0.4) is 0 Å². The number of hydrogen-bond donors (Lipinski definition) is 1. The molecular formula is C18H26N4O2. The number of nitrogens with one attached hydrogen (secondary N) is 1. The van der Waals surface area contributed by atoms with Crippen molar-refractivity contribution in [2.45, 2.75) is 45.1 Å². The van der Waals surface area contributed by atoms with Crippen molar-refractivity contribution in [1.82, 2.24) is 15.2 Å². The van der Waals surface area contributed by atoms with Gasteiger partial charge in [0, 0.05) is 51.0 Å². The molecule has 0 aromatic carbocycles. The smallest absolute Gasteiger partial charge is 0.270 e. The van der Waals surface area contributed by atoms with Crippen molar-refractivity contribution in [3.05, 3.63) is 24.0 Å². The molecule has 1 saturated heterocycles. The second-order valence-corrected chi connectivity index (χ2v) is 6.70. The number of anilines is 1. The van der Waals surface area contributed by atoms with Gasteiger partial charge in [-0.2, -0.15) is 0 Å². The van der Waals surface area contributed by atoms with E-state index < -0.39 is 0 Å². The average Bonchev–Trinajstić information content (AvgIpc) is 2.63. The van der Waals surface area contributed by atoms with Crippen molar-refractivity contribution < 1.29 is 9.59 Å². The molecule has 2 amide bonds. The Morgan fingerprint density at radius 3 is 2.50 bits per heavy atom. The number of carbonyl (C=O) groups excluding carboxylic acids is 2. The molecule has 6 heteroatoms. The highest BCUT2D eigenvalue weighted by Crippen LogP contribution is 2.19. The van der Waals surface area contributed by atoms with Crippen LogP contribution in [0, 0.1) is 0 Å². The topological polar surface area (TPSA) is 65.5 Å². The summed E-state index contributed by atoms with van der Waals surface area (Å²) in [6.07, 6.45) is 7.49. The van der Waals surface area contributed by atoms with Crippen LogP contribution in [0.4, 0.5) is 5.69 Å². The number of aromatic nitrogens is 1. The summed E-state index contributed by atoms with van der Waals surface area (Å²) in [7, 11) is 0. The van der Waals surface area contributed by atoms with E-state index in [2.05, 4.69) is 15.2 Å². The highest BCUT2D eigenvalue weighted by molar-refractivity contribution is 5.93. The summed E-state index contributed by atoms with van der Waals surface area (Å²) in [5.41, 5.74) is 1.48. The lowest BCUT2D eigenvalue weighted by atomic mass is 9.95. The number of rotatable bonds is 3. The number of pyridine rings is 1. The standard InChI is InChI=1S/C18H26N4O2/c1-14(23)21-9-11-22(12-10-21)16-7-8-19-17(13-16)18(24)20-15-5-3-2-4-6-15/h7-8,13,15H,2-6,9-12H2,1H3,(H,20,24). The molecule has 2 aliphatic rings. The van der Waals surface area contributed by atoms with E-state index in [1.165, 1.54) is 19.3 Å². The lowest BCUT2D eigenvalue weighted by molar-refractivity contribution is -0.129. The molecule has 0 spiro atoms. The van der Waals surface area contributed by atoms with Crippen LogP contribution in [0.1, 0.15) is 49.5 Å². The largest absolute Gasteiger partial charge is 0.368 e. The van der Waals surface area contributed by atoms with E-state index in [1.807, 2.05) is 17.0 Å². The highest BCUT2D eigenvalue weighted by atomic mass is 16.2. The maximum absolute atomic E-state index is 12.4. The zero-order valence-corrected chi connectivity index (χ0v) is 14.3. The Hall–Kier alpha value is -2.11. The van der Waals surface area contributed by atoms with Crippen molar-refractivity contribution in [3.63, 3.8) is 0 Å². The van der Waals surface area contributed by atoms with Crippen LogP contribution >= 0.6 is 0 Å². The molecule has 1 saturated carbocycles. The van der Waals surface area contributed by atoms with Crippen molar-refractivity contribution in [1.29, 1.82) is 0 Å². The van der Waals surface area contributed by atoms with Crippen molar-refractivity contribution in [3.8, 4) is 0 Å². The van der Waals surface area contributed by atoms with Crippen LogP contribution in [0.25, 0.3) is 0 Å². The molecule has 0 bridgehead atoms. The quantitative estimate of drug-likeness (QED) is 0.918. The lowest BCUT2D eigenvalue weighted by Crippen LogP contribution is -2.48. The Kier molecular flexibility index (Phi) is 5.33. The number of amides is 2. The molecule has 1 N–H and O–H groups in total. The Labute approximate surface area is 143 Å². The summed E-state index contributed by atoms with van der Waals surface area (Å²) >= 11 is 0. The van der Waals surface area contributed by atoms with Crippen LogP contribution < -0.4 is 10.2 Å². The second-order valence-electron chi connectivity index (χ2n) is 6.70. The molecule has 0 atom stereocenters. The minimum atomic E-state index is -0.0777. The molecule has 1 aliphatic carbocycles. The van der Waals surface area contributed by atoms with Crippen molar-refractivity contribution >= 4 is 17.5 Å². The van der Waals surface area contributed by atoms with Crippen molar-refractivity contribution in [2.75, 3.05) is 31.1 Å². The molecular weight excluding hydrogens is 304 g/mol.